The first-order valence-electron chi connectivity index (χ1n) is 8.07. The minimum atomic E-state index is -0.765. The van der Waals surface area contributed by atoms with Crippen molar-refractivity contribution in [3.05, 3.63) is 75.2 Å². The molecular weight excluding hydrogens is 330 g/mol. The van der Waals surface area contributed by atoms with Crippen LogP contribution in [0.4, 0.5) is 0 Å². The second kappa shape index (κ2) is 6.84. The lowest BCUT2D eigenvalue weighted by Gasteiger charge is -2.10. The van der Waals surface area contributed by atoms with Gasteiger partial charge < -0.3 is 10.5 Å². The van der Waals surface area contributed by atoms with Crippen LogP contribution < -0.4 is 16.0 Å². The Morgan fingerprint density at radius 2 is 1.92 bits per heavy atom. The van der Waals surface area contributed by atoms with E-state index in [1.165, 1.54) is 4.68 Å². The van der Waals surface area contributed by atoms with E-state index in [9.17, 15) is 9.59 Å². The molecule has 26 heavy (non-hydrogen) atoms. The van der Waals surface area contributed by atoms with Crippen LogP contribution in [0.2, 0.25) is 0 Å². The van der Waals surface area contributed by atoms with Crippen molar-refractivity contribution >= 4 is 22.9 Å². The Labute approximate surface area is 150 Å². The Morgan fingerprint density at radius 1 is 1.19 bits per heavy atom. The number of rotatable bonds is 4. The number of benzene rings is 2. The topological polar surface area (TPSA) is 86.7 Å². The van der Waals surface area contributed by atoms with E-state index in [1.54, 1.807) is 33.2 Å². The summed E-state index contributed by atoms with van der Waals surface area (Å²) >= 11 is 0. The number of pyridine rings is 1. The summed E-state index contributed by atoms with van der Waals surface area (Å²) in [6.07, 6.45) is 1.57. The summed E-state index contributed by atoms with van der Waals surface area (Å²) < 4.78 is 6.61. The molecule has 1 aromatic heterocycles. The van der Waals surface area contributed by atoms with E-state index in [0.717, 1.165) is 16.3 Å². The summed E-state index contributed by atoms with van der Waals surface area (Å²) in [5.41, 5.74) is 6.63. The number of aromatic nitrogens is 1. The van der Waals surface area contributed by atoms with E-state index in [-0.39, 0.29) is 5.56 Å². The summed E-state index contributed by atoms with van der Waals surface area (Å²) in [7, 11) is 1.58. The highest BCUT2D eigenvalue weighted by atomic mass is 16.5. The lowest BCUT2D eigenvalue weighted by Crippen LogP contribution is -2.30. The van der Waals surface area contributed by atoms with Crippen LogP contribution in [0.15, 0.2) is 52.4 Å². The molecule has 2 aromatic carbocycles. The Kier molecular flexibility index (Phi) is 4.58. The van der Waals surface area contributed by atoms with Crippen LogP contribution in [-0.4, -0.2) is 23.9 Å². The van der Waals surface area contributed by atoms with Gasteiger partial charge in [0.05, 0.1) is 13.3 Å². The maximum Gasteiger partial charge on any atom is 0.284 e. The Balaban J connectivity index is 2.21. The molecule has 1 heterocycles. The van der Waals surface area contributed by atoms with E-state index in [2.05, 4.69) is 5.10 Å². The van der Waals surface area contributed by atoms with Crippen molar-refractivity contribution in [3.63, 3.8) is 0 Å². The second-order valence-electron chi connectivity index (χ2n) is 5.97. The number of primary amides is 1. The maximum absolute atomic E-state index is 12.6. The molecule has 0 bridgehead atoms. The molecule has 0 unspecified atom stereocenters. The first-order chi connectivity index (χ1) is 12.4. The van der Waals surface area contributed by atoms with Crippen molar-refractivity contribution in [2.45, 2.75) is 13.8 Å². The number of hydrogen-bond donors (Lipinski definition) is 1. The molecule has 0 saturated heterocycles. The van der Waals surface area contributed by atoms with Crippen molar-refractivity contribution in [2.75, 3.05) is 7.11 Å². The molecular formula is C20H19N3O3. The van der Waals surface area contributed by atoms with Crippen LogP contribution in [0, 0.1) is 13.8 Å². The van der Waals surface area contributed by atoms with Crippen LogP contribution in [-0.2, 0) is 0 Å². The zero-order valence-electron chi connectivity index (χ0n) is 14.8. The molecule has 3 aromatic rings. The molecule has 0 radical (unpaired) electrons. The van der Waals surface area contributed by atoms with Crippen molar-refractivity contribution in [1.82, 2.24) is 4.68 Å². The van der Waals surface area contributed by atoms with Gasteiger partial charge in [0.25, 0.3) is 11.5 Å². The van der Waals surface area contributed by atoms with E-state index in [0.29, 0.717) is 17.0 Å². The number of carbonyl (C=O) groups is 1. The number of nitrogens with zero attached hydrogens (tertiary/aromatic N) is 2. The quantitative estimate of drug-likeness (QED) is 0.735. The number of amides is 1. The minimum absolute atomic E-state index is 0.0577. The number of fused-ring (bicyclic) bond motifs is 1. The number of aryl methyl sites for hydroxylation is 2. The van der Waals surface area contributed by atoms with Gasteiger partial charge in [-0.15, -0.1) is 0 Å². The van der Waals surface area contributed by atoms with Gasteiger partial charge in [-0.2, -0.15) is 5.10 Å². The fraction of sp³-hybridized carbons (Fsp3) is 0.150. The Hall–Kier alpha value is -3.41. The molecule has 0 atom stereocenters. The van der Waals surface area contributed by atoms with Gasteiger partial charge in [0.2, 0.25) is 0 Å². The first kappa shape index (κ1) is 17.4. The van der Waals surface area contributed by atoms with Gasteiger partial charge in [0, 0.05) is 11.3 Å². The predicted octanol–water partition coefficient (Wildman–Crippen LogP) is 2.61. The molecule has 6 heteroatoms. The van der Waals surface area contributed by atoms with Crippen molar-refractivity contribution < 1.29 is 9.53 Å². The molecule has 0 aliphatic carbocycles. The van der Waals surface area contributed by atoms with Crippen molar-refractivity contribution in [1.29, 1.82) is 0 Å². The van der Waals surface area contributed by atoms with E-state index < -0.39 is 11.5 Å². The van der Waals surface area contributed by atoms with Crippen molar-refractivity contribution in [2.24, 2.45) is 10.8 Å². The largest absolute Gasteiger partial charge is 0.496 e. The lowest BCUT2D eigenvalue weighted by atomic mass is 10.0. The molecule has 2 N–H and O–H groups in total. The number of nitrogens with two attached hydrogens (primary N) is 1. The van der Waals surface area contributed by atoms with E-state index >= 15 is 0 Å². The molecule has 1 amide bonds. The molecule has 132 valence electrons. The number of carbonyl (C=O) groups excluding carboxylic acids is 1. The normalized spacial score (nSPS) is 11.2. The molecule has 6 nitrogen and oxygen atoms in total. The maximum atomic E-state index is 12.6. The highest BCUT2D eigenvalue weighted by Gasteiger charge is 2.15. The third-order valence-corrected chi connectivity index (χ3v) is 4.26. The molecule has 0 spiro atoms. The second-order valence-corrected chi connectivity index (χ2v) is 5.97. The number of hydrogen-bond acceptors (Lipinski definition) is 4. The molecule has 0 fully saturated rings. The van der Waals surface area contributed by atoms with Crippen LogP contribution in [0.1, 0.15) is 27.2 Å². The zero-order valence-corrected chi connectivity index (χ0v) is 14.8. The average molecular weight is 349 g/mol. The van der Waals surface area contributed by atoms with Gasteiger partial charge in [-0.05, 0) is 42.3 Å². The monoisotopic (exact) mass is 349 g/mol. The van der Waals surface area contributed by atoms with Crippen molar-refractivity contribution in [3.8, 4) is 5.75 Å². The van der Waals surface area contributed by atoms with Gasteiger partial charge in [-0.1, -0.05) is 30.3 Å². The van der Waals surface area contributed by atoms with Crippen LogP contribution in [0.25, 0.3) is 10.8 Å². The summed E-state index contributed by atoms with van der Waals surface area (Å²) in [4.78, 5) is 24.2. The fourth-order valence-corrected chi connectivity index (χ4v) is 3.03. The highest BCUT2D eigenvalue weighted by molar-refractivity contribution is 6.02. The van der Waals surface area contributed by atoms with Crippen LogP contribution in [0.5, 0.6) is 5.75 Å². The standard InChI is InChI=1S/C20H19N3O3/c1-12-10-13(2)23(20(25)18(12)19(21)24)22-11-16-15-7-5-4-6-14(15)8-9-17(16)26-3/h4-11H,1-3H3,(H2,21,24). The van der Waals surface area contributed by atoms with Gasteiger partial charge in [-0.25, -0.2) is 4.68 Å². The summed E-state index contributed by atoms with van der Waals surface area (Å²) in [5, 5.41) is 6.29. The average Bonchev–Trinajstić information content (AvgIpc) is 2.60. The predicted molar refractivity (Wildman–Crippen MR) is 102 cm³/mol. The van der Waals surface area contributed by atoms with E-state index in [1.807, 2.05) is 36.4 Å². The SMILES string of the molecule is COc1ccc2ccccc2c1C=Nn1c(C)cc(C)c(C(N)=O)c1=O. The molecule has 0 aliphatic heterocycles. The van der Waals surface area contributed by atoms with Gasteiger partial charge in [-0.3, -0.25) is 9.59 Å². The molecule has 0 aliphatic rings. The third kappa shape index (κ3) is 2.97. The number of methoxy groups -OCH3 is 1. The zero-order chi connectivity index (χ0) is 18.8. The fourth-order valence-electron chi connectivity index (χ4n) is 3.03. The van der Waals surface area contributed by atoms with E-state index in [4.69, 9.17) is 10.5 Å². The third-order valence-electron chi connectivity index (χ3n) is 4.26. The van der Waals surface area contributed by atoms with Gasteiger partial charge >= 0.3 is 0 Å². The van der Waals surface area contributed by atoms with Gasteiger partial charge in [0.1, 0.15) is 11.3 Å². The van der Waals surface area contributed by atoms with Gasteiger partial charge in [0.15, 0.2) is 0 Å². The highest BCUT2D eigenvalue weighted by Crippen LogP contribution is 2.26. The smallest absolute Gasteiger partial charge is 0.284 e. The number of ether oxygens (including phenoxy) is 1. The summed E-state index contributed by atoms with van der Waals surface area (Å²) in [6.45, 7) is 3.42. The summed E-state index contributed by atoms with van der Waals surface area (Å²) in [5.74, 6) is -0.125. The molecule has 3 rings (SSSR count). The van der Waals surface area contributed by atoms with Crippen LogP contribution >= 0.6 is 0 Å². The van der Waals surface area contributed by atoms with Crippen LogP contribution in [0.3, 0.4) is 0 Å². The minimum Gasteiger partial charge on any atom is -0.496 e. The molecule has 0 saturated carbocycles. The first-order valence-corrected chi connectivity index (χ1v) is 8.07. The summed E-state index contributed by atoms with van der Waals surface area (Å²) in [6, 6.07) is 13.3. The lowest BCUT2D eigenvalue weighted by molar-refractivity contribution is 0.0997. The Bertz CT molecular complexity index is 1100. The Morgan fingerprint density at radius 3 is 2.62 bits per heavy atom.